The zero-order valence-electron chi connectivity index (χ0n) is 16.9. The fourth-order valence-electron chi connectivity index (χ4n) is 2.80. The summed E-state index contributed by atoms with van der Waals surface area (Å²) in [6.45, 7) is 2.66. The summed E-state index contributed by atoms with van der Waals surface area (Å²) >= 11 is 0. The second-order valence-electron chi connectivity index (χ2n) is 6.75. The summed E-state index contributed by atoms with van der Waals surface area (Å²) in [6, 6.07) is 22.3. The van der Waals surface area contributed by atoms with Gasteiger partial charge in [0.05, 0.1) is 17.1 Å². The molecular weight excluding hydrogens is 400 g/mol. The number of amides is 1. The van der Waals surface area contributed by atoms with Crippen LogP contribution < -0.4 is 14.4 Å². The molecule has 0 radical (unpaired) electrons. The molecule has 7 heteroatoms. The molecule has 6 nitrogen and oxygen atoms in total. The Kier molecular flexibility index (Phi) is 6.74. The Hall–Kier alpha value is -3.32. The standard InChI is InChI=1S/C23H24N2O4S/c1-18-11-13-21(14-12-18)29-16-15-24-23(26)19-7-6-8-20(17-19)25(2)30(27,28)22-9-4-3-5-10-22/h3-14,17H,15-16H2,1-2H3,(H,24,26). The van der Waals surface area contributed by atoms with Crippen LogP contribution in [-0.2, 0) is 10.0 Å². The maximum atomic E-state index is 12.8. The smallest absolute Gasteiger partial charge is 0.264 e. The Bertz CT molecular complexity index is 1100. The third kappa shape index (κ3) is 5.18. The van der Waals surface area contributed by atoms with Gasteiger partial charge in [-0.25, -0.2) is 8.42 Å². The maximum Gasteiger partial charge on any atom is 0.264 e. The van der Waals surface area contributed by atoms with Crippen molar-refractivity contribution in [1.82, 2.24) is 5.32 Å². The van der Waals surface area contributed by atoms with Gasteiger partial charge in [-0.1, -0.05) is 42.0 Å². The SMILES string of the molecule is Cc1ccc(OCCNC(=O)c2cccc(N(C)S(=O)(=O)c3ccccc3)c2)cc1. The van der Waals surface area contributed by atoms with Crippen LogP contribution >= 0.6 is 0 Å². The zero-order chi connectivity index (χ0) is 21.6. The van der Waals surface area contributed by atoms with Crippen LogP contribution in [0.15, 0.2) is 83.8 Å². The van der Waals surface area contributed by atoms with Gasteiger partial charge >= 0.3 is 0 Å². The highest BCUT2D eigenvalue weighted by Gasteiger charge is 2.21. The molecule has 0 aliphatic carbocycles. The summed E-state index contributed by atoms with van der Waals surface area (Å²) in [5.41, 5.74) is 1.93. The summed E-state index contributed by atoms with van der Waals surface area (Å²) in [5, 5.41) is 2.79. The number of anilines is 1. The van der Waals surface area contributed by atoms with E-state index < -0.39 is 10.0 Å². The van der Waals surface area contributed by atoms with Gasteiger partial charge in [0.1, 0.15) is 12.4 Å². The van der Waals surface area contributed by atoms with E-state index in [-0.39, 0.29) is 10.8 Å². The number of hydrogen-bond acceptors (Lipinski definition) is 4. The van der Waals surface area contributed by atoms with Gasteiger partial charge in [0.25, 0.3) is 15.9 Å². The number of sulfonamides is 1. The molecule has 0 aliphatic heterocycles. The van der Waals surface area contributed by atoms with Crippen LogP contribution in [0, 0.1) is 6.92 Å². The van der Waals surface area contributed by atoms with Gasteiger partial charge in [-0.05, 0) is 49.4 Å². The van der Waals surface area contributed by atoms with Gasteiger partial charge < -0.3 is 10.1 Å². The topological polar surface area (TPSA) is 75.7 Å². The molecule has 0 aliphatic rings. The fourth-order valence-corrected chi connectivity index (χ4v) is 4.01. The van der Waals surface area contributed by atoms with Gasteiger partial charge in [0, 0.05) is 12.6 Å². The Labute approximate surface area is 177 Å². The van der Waals surface area contributed by atoms with Crippen LogP contribution in [0.25, 0.3) is 0 Å². The first kappa shape index (κ1) is 21.4. The third-order valence-corrected chi connectivity index (χ3v) is 6.35. The molecule has 0 aromatic heterocycles. The molecule has 0 atom stereocenters. The molecule has 0 fully saturated rings. The zero-order valence-corrected chi connectivity index (χ0v) is 17.7. The van der Waals surface area contributed by atoms with E-state index in [0.29, 0.717) is 24.4 Å². The van der Waals surface area contributed by atoms with Crippen molar-refractivity contribution in [2.45, 2.75) is 11.8 Å². The van der Waals surface area contributed by atoms with E-state index in [4.69, 9.17) is 4.74 Å². The molecule has 30 heavy (non-hydrogen) atoms. The largest absolute Gasteiger partial charge is 0.492 e. The van der Waals surface area contributed by atoms with Gasteiger partial charge in [0.15, 0.2) is 0 Å². The number of benzene rings is 3. The second kappa shape index (κ2) is 9.45. The number of aryl methyl sites for hydroxylation is 1. The number of nitrogens with zero attached hydrogens (tertiary/aromatic N) is 1. The number of carbonyl (C=O) groups excluding carboxylic acids is 1. The monoisotopic (exact) mass is 424 g/mol. The van der Waals surface area contributed by atoms with Gasteiger partial charge in [-0.3, -0.25) is 9.10 Å². The Morgan fingerprint density at radius 2 is 1.67 bits per heavy atom. The van der Waals surface area contributed by atoms with Gasteiger partial charge in [-0.15, -0.1) is 0 Å². The average Bonchev–Trinajstić information content (AvgIpc) is 2.78. The van der Waals surface area contributed by atoms with Crippen molar-refractivity contribution in [1.29, 1.82) is 0 Å². The van der Waals surface area contributed by atoms with Crippen LogP contribution in [0.2, 0.25) is 0 Å². The Morgan fingerprint density at radius 3 is 2.37 bits per heavy atom. The molecule has 0 saturated heterocycles. The molecular formula is C23H24N2O4S. The van der Waals surface area contributed by atoms with Crippen LogP contribution in [0.4, 0.5) is 5.69 Å². The summed E-state index contributed by atoms with van der Waals surface area (Å²) in [5.74, 6) is 0.444. The molecule has 0 saturated carbocycles. The number of hydrogen-bond donors (Lipinski definition) is 1. The van der Waals surface area contributed by atoms with E-state index in [2.05, 4.69) is 5.32 Å². The predicted molar refractivity (Wildman–Crippen MR) is 117 cm³/mol. The van der Waals surface area contributed by atoms with Crippen molar-refractivity contribution in [3.05, 3.63) is 90.0 Å². The van der Waals surface area contributed by atoms with Crippen LogP contribution in [0.1, 0.15) is 15.9 Å². The van der Waals surface area contributed by atoms with Crippen LogP contribution in [0.3, 0.4) is 0 Å². The maximum absolute atomic E-state index is 12.8. The quantitative estimate of drug-likeness (QED) is 0.561. The van der Waals surface area contributed by atoms with Crippen molar-refractivity contribution in [2.75, 3.05) is 24.5 Å². The first-order valence-electron chi connectivity index (χ1n) is 9.49. The Morgan fingerprint density at radius 1 is 0.967 bits per heavy atom. The van der Waals surface area contributed by atoms with Gasteiger partial charge in [-0.2, -0.15) is 0 Å². The first-order chi connectivity index (χ1) is 14.4. The van der Waals surface area contributed by atoms with Crippen molar-refractivity contribution in [2.24, 2.45) is 0 Å². The molecule has 0 heterocycles. The summed E-state index contributed by atoms with van der Waals surface area (Å²) in [4.78, 5) is 12.7. The lowest BCUT2D eigenvalue weighted by Gasteiger charge is -2.20. The number of rotatable bonds is 8. The highest BCUT2D eigenvalue weighted by Crippen LogP contribution is 2.22. The van der Waals surface area contributed by atoms with Crippen LogP contribution in [-0.4, -0.2) is 34.5 Å². The average molecular weight is 425 g/mol. The molecule has 3 aromatic carbocycles. The molecule has 3 aromatic rings. The Balaban J connectivity index is 1.61. The number of ether oxygens (including phenoxy) is 1. The lowest BCUT2D eigenvalue weighted by molar-refractivity contribution is 0.0947. The molecule has 3 rings (SSSR count). The highest BCUT2D eigenvalue weighted by molar-refractivity contribution is 7.92. The van der Waals surface area contributed by atoms with E-state index in [1.807, 2.05) is 31.2 Å². The number of nitrogens with one attached hydrogen (secondary N) is 1. The second-order valence-corrected chi connectivity index (χ2v) is 8.72. The minimum absolute atomic E-state index is 0.190. The lowest BCUT2D eigenvalue weighted by Crippen LogP contribution is -2.29. The third-order valence-electron chi connectivity index (χ3n) is 4.55. The van der Waals surface area contributed by atoms with Crippen molar-refractivity contribution >= 4 is 21.6 Å². The molecule has 0 unspecified atom stereocenters. The lowest BCUT2D eigenvalue weighted by atomic mass is 10.2. The van der Waals surface area contributed by atoms with Crippen LogP contribution in [0.5, 0.6) is 5.75 Å². The summed E-state index contributed by atoms with van der Waals surface area (Å²) in [7, 11) is -2.24. The van der Waals surface area contributed by atoms with E-state index >= 15 is 0 Å². The predicted octanol–water partition coefficient (Wildman–Crippen LogP) is 3.63. The number of carbonyl (C=O) groups is 1. The molecule has 0 spiro atoms. The molecule has 1 amide bonds. The normalized spacial score (nSPS) is 11.0. The van der Waals surface area contributed by atoms with E-state index in [0.717, 1.165) is 11.3 Å². The summed E-state index contributed by atoms with van der Waals surface area (Å²) < 4.78 is 32.3. The molecule has 1 N–H and O–H groups in total. The molecule has 0 bridgehead atoms. The molecule has 156 valence electrons. The minimum atomic E-state index is -3.71. The van der Waals surface area contributed by atoms with E-state index in [1.54, 1.807) is 42.5 Å². The first-order valence-corrected chi connectivity index (χ1v) is 10.9. The van der Waals surface area contributed by atoms with E-state index in [9.17, 15) is 13.2 Å². The fraction of sp³-hybridized carbons (Fsp3) is 0.174. The summed E-state index contributed by atoms with van der Waals surface area (Å²) in [6.07, 6.45) is 0. The minimum Gasteiger partial charge on any atom is -0.492 e. The van der Waals surface area contributed by atoms with Crippen molar-refractivity contribution in [3.63, 3.8) is 0 Å². The van der Waals surface area contributed by atoms with Crippen molar-refractivity contribution < 1.29 is 17.9 Å². The van der Waals surface area contributed by atoms with Gasteiger partial charge in [0.2, 0.25) is 0 Å². The van der Waals surface area contributed by atoms with E-state index in [1.165, 1.54) is 23.5 Å². The highest BCUT2D eigenvalue weighted by atomic mass is 32.2. The van der Waals surface area contributed by atoms with Crippen molar-refractivity contribution in [3.8, 4) is 5.75 Å².